The van der Waals surface area contributed by atoms with E-state index in [-0.39, 0.29) is 0 Å². The SMILES string of the molecule is CCCCCCCCCCCCCCCOCN. The van der Waals surface area contributed by atoms with Gasteiger partial charge in [-0.15, -0.1) is 0 Å². The molecule has 0 aromatic heterocycles. The summed E-state index contributed by atoms with van der Waals surface area (Å²) in [5.74, 6) is 0. The van der Waals surface area contributed by atoms with Crippen molar-refractivity contribution < 1.29 is 4.74 Å². The molecule has 0 saturated carbocycles. The number of hydrogen-bond donors (Lipinski definition) is 1. The second kappa shape index (κ2) is 16.9. The number of hydrogen-bond acceptors (Lipinski definition) is 2. The van der Waals surface area contributed by atoms with Gasteiger partial charge in [-0.2, -0.15) is 0 Å². The Morgan fingerprint density at radius 3 is 1.39 bits per heavy atom. The third-order valence-corrected chi connectivity index (χ3v) is 3.51. The molecule has 0 aromatic carbocycles. The molecule has 0 radical (unpaired) electrons. The van der Waals surface area contributed by atoms with Gasteiger partial charge >= 0.3 is 0 Å². The predicted molar refractivity (Wildman–Crippen MR) is 80.7 cm³/mol. The molecule has 0 saturated heterocycles. The van der Waals surface area contributed by atoms with Crippen LogP contribution in [0.1, 0.15) is 90.4 Å². The fraction of sp³-hybridized carbons (Fsp3) is 1.00. The quantitative estimate of drug-likeness (QED) is 0.330. The highest BCUT2D eigenvalue weighted by Crippen LogP contribution is 2.12. The van der Waals surface area contributed by atoms with Crippen molar-refractivity contribution in [1.29, 1.82) is 0 Å². The first-order valence-electron chi connectivity index (χ1n) is 8.19. The Labute approximate surface area is 115 Å². The Bertz CT molecular complexity index is 123. The first-order valence-corrected chi connectivity index (χ1v) is 8.19. The van der Waals surface area contributed by atoms with Crippen LogP contribution >= 0.6 is 0 Å². The summed E-state index contributed by atoms with van der Waals surface area (Å²) in [6.45, 7) is 3.49. The molecule has 2 N–H and O–H groups in total. The molecule has 2 nitrogen and oxygen atoms in total. The van der Waals surface area contributed by atoms with E-state index in [4.69, 9.17) is 10.5 Å². The van der Waals surface area contributed by atoms with Crippen molar-refractivity contribution in [1.82, 2.24) is 0 Å². The molecule has 0 bridgehead atoms. The van der Waals surface area contributed by atoms with Gasteiger partial charge in [-0.1, -0.05) is 84.0 Å². The Kier molecular flexibility index (Phi) is 16.8. The van der Waals surface area contributed by atoms with E-state index in [0.29, 0.717) is 6.73 Å². The van der Waals surface area contributed by atoms with E-state index >= 15 is 0 Å². The largest absolute Gasteiger partial charge is 0.367 e. The molecular weight excluding hydrogens is 222 g/mol. The minimum atomic E-state index is 0.373. The van der Waals surface area contributed by atoms with Crippen molar-refractivity contribution in [3.05, 3.63) is 0 Å². The Balaban J connectivity index is 2.86. The van der Waals surface area contributed by atoms with E-state index in [1.807, 2.05) is 0 Å². The minimum Gasteiger partial charge on any atom is -0.367 e. The van der Waals surface area contributed by atoms with Gasteiger partial charge < -0.3 is 10.5 Å². The molecule has 0 heterocycles. The molecule has 0 atom stereocenters. The second-order valence-corrected chi connectivity index (χ2v) is 5.32. The molecule has 2 heteroatoms. The summed E-state index contributed by atoms with van der Waals surface area (Å²) < 4.78 is 5.11. The fourth-order valence-corrected chi connectivity index (χ4v) is 2.31. The van der Waals surface area contributed by atoms with Gasteiger partial charge in [-0.05, 0) is 6.42 Å². The topological polar surface area (TPSA) is 35.2 Å². The lowest BCUT2D eigenvalue weighted by Crippen LogP contribution is -2.05. The zero-order valence-corrected chi connectivity index (χ0v) is 12.6. The molecule has 0 aliphatic rings. The lowest BCUT2D eigenvalue weighted by atomic mass is 10.0. The van der Waals surface area contributed by atoms with Crippen molar-refractivity contribution >= 4 is 0 Å². The highest BCUT2D eigenvalue weighted by molar-refractivity contribution is 4.48. The molecule has 0 aromatic rings. The molecule has 0 aliphatic carbocycles. The molecular formula is C16H35NO. The summed E-state index contributed by atoms with van der Waals surface area (Å²) in [6.07, 6.45) is 18.1. The molecule has 0 amide bonds. The van der Waals surface area contributed by atoms with E-state index in [9.17, 15) is 0 Å². The van der Waals surface area contributed by atoms with Crippen LogP contribution in [0.3, 0.4) is 0 Å². The third kappa shape index (κ3) is 15.9. The molecule has 110 valence electrons. The van der Waals surface area contributed by atoms with Gasteiger partial charge in [0, 0.05) is 6.61 Å². The van der Waals surface area contributed by atoms with E-state index in [1.165, 1.54) is 83.5 Å². The van der Waals surface area contributed by atoms with Crippen molar-refractivity contribution in [2.45, 2.75) is 90.4 Å². The van der Waals surface area contributed by atoms with Gasteiger partial charge in [-0.25, -0.2) is 0 Å². The normalized spacial score (nSPS) is 11.0. The minimum absolute atomic E-state index is 0.373. The van der Waals surface area contributed by atoms with Crippen LogP contribution in [0.5, 0.6) is 0 Å². The maximum atomic E-state index is 5.25. The van der Waals surface area contributed by atoms with Crippen LogP contribution in [0.15, 0.2) is 0 Å². The number of unbranched alkanes of at least 4 members (excludes halogenated alkanes) is 12. The van der Waals surface area contributed by atoms with Gasteiger partial charge in [0.25, 0.3) is 0 Å². The van der Waals surface area contributed by atoms with Gasteiger partial charge in [0.15, 0.2) is 0 Å². The third-order valence-electron chi connectivity index (χ3n) is 3.51. The van der Waals surface area contributed by atoms with Crippen LogP contribution in [0.4, 0.5) is 0 Å². The van der Waals surface area contributed by atoms with Crippen LogP contribution < -0.4 is 5.73 Å². The molecule has 0 rings (SSSR count). The van der Waals surface area contributed by atoms with Crippen molar-refractivity contribution in [2.75, 3.05) is 13.3 Å². The average Bonchev–Trinajstić information content (AvgIpc) is 2.39. The van der Waals surface area contributed by atoms with Crippen LogP contribution in [-0.2, 0) is 4.74 Å². The first-order chi connectivity index (χ1) is 8.91. The number of rotatable bonds is 15. The number of nitrogens with two attached hydrogens (primary N) is 1. The van der Waals surface area contributed by atoms with E-state index in [2.05, 4.69) is 6.92 Å². The second-order valence-electron chi connectivity index (χ2n) is 5.32. The van der Waals surface area contributed by atoms with Crippen molar-refractivity contribution in [2.24, 2.45) is 5.73 Å². The highest BCUT2D eigenvalue weighted by Gasteiger charge is 1.93. The van der Waals surface area contributed by atoms with Crippen LogP contribution in [-0.4, -0.2) is 13.3 Å². The predicted octanol–water partition coefficient (Wildman–Crippen LogP) is 5.01. The van der Waals surface area contributed by atoms with E-state index in [1.54, 1.807) is 0 Å². The van der Waals surface area contributed by atoms with Crippen LogP contribution in [0.2, 0.25) is 0 Å². The molecule has 0 fully saturated rings. The summed E-state index contributed by atoms with van der Waals surface area (Å²) in [6, 6.07) is 0. The molecule has 0 unspecified atom stereocenters. The zero-order chi connectivity index (χ0) is 13.3. The van der Waals surface area contributed by atoms with Gasteiger partial charge in [0.1, 0.15) is 0 Å². The maximum absolute atomic E-state index is 5.25. The maximum Gasteiger partial charge on any atom is 0.0940 e. The van der Waals surface area contributed by atoms with Gasteiger partial charge in [0.2, 0.25) is 0 Å². The summed E-state index contributed by atoms with van der Waals surface area (Å²) in [4.78, 5) is 0. The average molecular weight is 257 g/mol. The molecule has 0 spiro atoms. The van der Waals surface area contributed by atoms with Crippen molar-refractivity contribution in [3.8, 4) is 0 Å². The Morgan fingerprint density at radius 1 is 0.611 bits per heavy atom. The molecule has 18 heavy (non-hydrogen) atoms. The monoisotopic (exact) mass is 257 g/mol. The molecule has 0 aliphatic heterocycles. The first kappa shape index (κ1) is 17.9. The summed E-state index contributed by atoms with van der Waals surface area (Å²) in [5, 5.41) is 0. The summed E-state index contributed by atoms with van der Waals surface area (Å²) >= 11 is 0. The Morgan fingerprint density at radius 2 is 1.00 bits per heavy atom. The zero-order valence-electron chi connectivity index (χ0n) is 12.6. The smallest absolute Gasteiger partial charge is 0.0940 e. The highest BCUT2D eigenvalue weighted by atomic mass is 16.5. The van der Waals surface area contributed by atoms with Crippen LogP contribution in [0, 0.1) is 0 Å². The number of ether oxygens (including phenoxy) is 1. The summed E-state index contributed by atoms with van der Waals surface area (Å²) in [5.41, 5.74) is 5.25. The lowest BCUT2D eigenvalue weighted by Gasteiger charge is -2.03. The van der Waals surface area contributed by atoms with E-state index < -0.39 is 0 Å². The fourth-order valence-electron chi connectivity index (χ4n) is 2.31. The lowest BCUT2D eigenvalue weighted by molar-refractivity contribution is 0.136. The standard InChI is InChI=1S/C16H35NO/c1-2-3-4-5-6-7-8-9-10-11-12-13-14-15-18-16-17/h2-17H2,1H3. The van der Waals surface area contributed by atoms with Crippen molar-refractivity contribution in [3.63, 3.8) is 0 Å². The van der Waals surface area contributed by atoms with E-state index in [0.717, 1.165) is 6.61 Å². The Hall–Kier alpha value is -0.0800. The summed E-state index contributed by atoms with van der Waals surface area (Å²) in [7, 11) is 0. The van der Waals surface area contributed by atoms with Gasteiger partial charge in [-0.3, -0.25) is 0 Å². The van der Waals surface area contributed by atoms with Gasteiger partial charge in [0.05, 0.1) is 6.73 Å². The van der Waals surface area contributed by atoms with Crippen LogP contribution in [0.25, 0.3) is 0 Å².